The third-order valence-corrected chi connectivity index (χ3v) is 6.40. The van der Waals surface area contributed by atoms with Gasteiger partial charge in [0.1, 0.15) is 16.5 Å². The molecular weight excluding hydrogens is 520 g/mol. The lowest BCUT2D eigenvalue weighted by Gasteiger charge is -2.37. The van der Waals surface area contributed by atoms with Crippen LogP contribution in [-0.2, 0) is 9.84 Å². The highest BCUT2D eigenvalue weighted by molar-refractivity contribution is 14.0. The molecular formula is C20H27FIN5O2S. The molecule has 0 unspecified atom stereocenters. The molecule has 1 aliphatic heterocycles. The summed E-state index contributed by atoms with van der Waals surface area (Å²) >= 11 is 0. The predicted octanol–water partition coefficient (Wildman–Crippen LogP) is 2.40. The summed E-state index contributed by atoms with van der Waals surface area (Å²) in [6.07, 6.45) is 1.78. The predicted molar refractivity (Wildman–Crippen MR) is 128 cm³/mol. The number of nitrogens with zero attached hydrogens (tertiary/aromatic N) is 4. The smallest absolute Gasteiger partial charge is 0.194 e. The molecule has 0 atom stereocenters. The molecule has 1 fully saturated rings. The first-order valence-electron chi connectivity index (χ1n) is 9.68. The minimum absolute atomic E-state index is 0. The maximum atomic E-state index is 13.8. The number of benzene rings is 1. The summed E-state index contributed by atoms with van der Waals surface area (Å²) in [4.78, 5) is 12.9. The summed E-state index contributed by atoms with van der Waals surface area (Å²) in [5, 5.41) is 3.22. The highest BCUT2D eigenvalue weighted by Crippen LogP contribution is 2.15. The molecule has 30 heavy (non-hydrogen) atoms. The zero-order chi connectivity index (χ0) is 20.7. The number of anilines is 1. The quantitative estimate of drug-likeness (QED) is 0.340. The highest BCUT2D eigenvalue weighted by atomic mass is 127. The lowest BCUT2D eigenvalue weighted by molar-refractivity contribution is 0.372. The Bertz CT molecular complexity index is 935. The number of nitrogens with one attached hydrogen (secondary N) is 1. The van der Waals surface area contributed by atoms with Crippen LogP contribution in [0.5, 0.6) is 0 Å². The number of rotatable bonds is 6. The second kappa shape index (κ2) is 11.4. The van der Waals surface area contributed by atoms with Crippen molar-refractivity contribution in [1.29, 1.82) is 0 Å². The summed E-state index contributed by atoms with van der Waals surface area (Å²) in [6.45, 7) is 5.82. The monoisotopic (exact) mass is 547 g/mol. The van der Waals surface area contributed by atoms with E-state index in [9.17, 15) is 12.8 Å². The number of halogens is 2. The van der Waals surface area contributed by atoms with Crippen molar-refractivity contribution in [3.05, 3.63) is 54.5 Å². The van der Waals surface area contributed by atoms with Gasteiger partial charge in [-0.2, -0.15) is 0 Å². The lowest BCUT2D eigenvalue weighted by Crippen LogP contribution is -2.52. The Balaban J connectivity index is 0.00000320. The molecule has 0 amide bonds. The Labute approximate surface area is 194 Å². The van der Waals surface area contributed by atoms with Crippen LogP contribution in [0.4, 0.5) is 10.2 Å². The van der Waals surface area contributed by atoms with Crippen molar-refractivity contribution >= 4 is 45.6 Å². The number of guanidine groups is 1. The summed E-state index contributed by atoms with van der Waals surface area (Å²) < 4.78 is 38.6. The van der Waals surface area contributed by atoms with E-state index in [1.54, 1.807) is 6.20 Å². The maximum Gasteiger partial charge on any atom is 0.194 e. The van der Waals surface area contributed by atoms with E-state index in [1.807, 2.05) is 25.1 Å². The third-order valence-electron chi connectivity index (χ3n) is 4.68. The molecule has 0 saturated carbocycles. The molecule has 1 aromatic carbocycles. The van der Waals surface area contributed by atoms with Crippen LogP contribution in [0.2, 0.25) is 0 Å². The van der Waals surface area contributed by atoms with E-state index in [0.717, 1.165) is 38.1 Å². The van der Waals surface area contributed by atoms with Crippen molar-refractivity contribution in [2.75, 3.05) is 49.9 Å². The first kappa shape index (κ1) is 24.3. The van der Waals surface area contributed by atoms with Gasteiger partial charge in [-0.25, -0.2) is 17.8 Å². The number of hydrogen-bond acceptors (Lipinski definition) is 5. The zero-order valence-corrected chi connectivity index (χ0v) is 20.0. The first-order valence-corrected chi connectivity index (χ1v) is 11.3. The Morgan fingerprint density at radius 3 is 2.47 bits per heavy atom. The van der Waals surface area contributed by atoms with Gasteiger partial charge < -0.3 is 15.1 Å². The van der Waals surface area contributed by atoms with Crippen molar-refractivity contribution in [3.63, 3.8) is 0 Å². The van der Waals surface area contributed by atoms with Crippen LogP contribution in [0.15, 0.2) is 58.5 Å². The topological polar surface area (TPSA) is 77.9 Å². The molecule has 10 heteroatoms. The van der Waals surface area contributed by atoms with Crippen molar-refractivity contribution in [2.45, 2.75) is 11.8 Å². The van der Waals surface area contributed by atoms with Crippen LogP contribution in [0.3, 0.4) is 0 Å². The molecule has 1 saturated heterocycles. The Hall–Kier alpha value is -1.95. The lowest BCUT2D eigenvalue weighted by atomic mass is 10.3. The first-order chi connectivity index (χ1) is 14.0. The standard InChI is InChI=1S/C20H26FN5O2S.HI/c1-2-22-20(24-11-16-29(27,28)18-8-4-3-7-17(18)21)26-14-12-25(13-15-26)19-9-5-6-10-23-19;/h3-10H,2,11-16H2,1H3,(H,22,24);1H. The van der Waals surface area contributed by atoms with Crippen molar-refractivity contribution in [3.8, 4) is 0 Å². The van der Waals surface area contributed by atoms with E-state index in [2.05, 4.69) is 25.1 Å². The zero-order valence-electron chi connectivity index (χ0n) is 16.9. The van der Waals surface area contributed by atoms with Crippen molar-refractivity contribution in [1.82, 2.24) is 15.2 Å². The summed E-state index contributed by atoms with van der Waals surface area (Å²) in [5.41, 5.74) is 0. The largest absolute Gasteiger partial charge is 0.357 e. The van der Waals surface area contributed by atoms with Gasteiger partial charge in [0.15, 0.2) is 15.8 Å². The molecule has 2 aromatic rings. The van der Waals surface area contributed by atoms with E-state index in [4.69, 9.17) is 0 Å². The Kier molecular flexibility index (Phi) is 9.28. The molecule has 3 rings (SSSR count). The van der Waals surface area contributed by atoms with Crippen LogP contribution in [0, 0.1) is 5.82 Å². The molecule has 0 radical (unpaired) electrons. The fraction of sp³-hybridized carbons (Fsp3) is 0.400. The van der Waals surface area contributed by atoms with Crippen molar-refractivity contribution < 1.29 is 12.8 Å². The van der Waals surface area contributed by atoms with Crippen molar-refractivity contribution in [2.24, 2.45) is 4.99 Å². The van der Waals surface area contributed by atoms with Crippen LogP contribution >= 0.6 is 24.0 Å². The van der Waals surface area contributed by atoms with Crippen LogP contribution < -0.4 is 10.2 Å². The van der Waals surface area contributed by atoms with Crippen LogP contribution in [0.1, 0.15) is 6.92 Å². The van der Waals surface area contributed by atoms with Gasteiger partial charge in [0, 0.05) is 38.9 Å². The average molecular weight is 547 g/mol. The van der Waals surface area contributed by atoms with Crippen LogP contribution in [-0.4, -0.2) is 69.3 Å². The van der Waals surface area contributed by atoms with Crippen LogP contribution in [0.25, 0.3) is 0 Å². The summed E-state index contributed by atoms with van der Waals surface area (Å²) in [7, 11) is -3.72. The van der Waals surface area contributed by atoms with Gasteiger partial charge in [0.25, 0.3) is 0 Å². The average Bonchev–Trinajstić information content (AvgIpc) is 2.74. The van der Waals surface area contributed by atoms with Gasteiger partial charge >= 0.3 is 0 Å². The van der Waals surface area contributed by atoms with E-state index in [0.29, 0.717) is 12.5 Å². The number of piperazine rings is 1. The second-order valence-corrected chi connectivity index (χ2v) is 8.72. The molecule has 1 aliphatic rings. The van der Waals surface area contributed by atoms with E-state index in [1.165, 1.54) is 18.2 Å². The molecule has 0 spiro atoms. The van der Waals surface area contributed by atoms with Gasteiger partial charge in [-0.05, 0) is 31.2 Å². The number of sulfone groups is 1. The molecule has 2 heterocycles. The number of hydrogen-bond donors (Lipinski definition) is 1. The van der Waals surface area contributed by atoms with Gasteiger partial charge in [0.05, 0.1) is 12.3 Å². The molecule has 0 bridgehead atoms. The van der Waals surface area contributed by atoms with Gasteiger partial charge in [-0.15, -0.1) is 24.0 Å². The third kappa shape index (κ3) is 6.27. The minimum atomic E-state index is -3.72. The van der Waals surface area contributed by atoms with Gasteiger partial charge in [0.2, 0.25) is 0 Å². The second-order valence-electron chi connectivity index (χ2n) is 6.65. The van der Waals surface area contributed by atoms with E-state index < -0.39 is 15.7 Å². The molecule has 1 N–H and O–H groups in total. The SMILES string of the molecule is CCNC(=NCCS(=O)(=O)c1ccccc1F)N1CCN(c2ccccn2)CC1.I. The molecule has 164 valence electrons. The van der Waals surface area contributed by atoms with Gasteiger partial charge in [-0.3, -0.25) is 4.99 Å². The fourth-order valence-electron chi connectivity index (χ4n) is 3.19. The molecule has 7 nitrogen and oxygen atoms in total. The van der Waals surface area contributed by atoms with E-state index in [-0.39, 0.29) is 41.2 Å². The fourth-order valence-corrected chi connectivity index (χ4v) is 4.40. The summed E-state index contributed by atoms with van der Waals surface area (Å²) in [6, 6.07) is 11.3. The van der Waals surface area contributed by atoms with Gasteiger partial charge in [-0.1, -0.05) is 18.2 Å². The molecule has 1 aromatic heterocycles. The number of aromatic nitrogens is 1. The highest BCUT2D eigenvalue weighted by Gasteiger charge is 2.21. The Morgan fingerprint density at radius 2 is 1.83 bits per heavy atom. The molecule has 0 aliphatic carbocycles. The minimum Gasteiger partial charge on any atom is -0.357 e. The maximum absolute atomic E-state index is 13.8. The summed E-state index contributed by atoms with van der Waals surface area (Å²) in [5.74, 6) is 0.660. The van der Waals surface area contributed by atoms with E-state index >= 15 is 0 Å². The number of aliphatic imine (C=N–C) groups is 1. The Morgan fingerprint density at radius 1 is 1.13 bits per heavy atom. The normalized spacial score (nSPS) is 14.9. The number of pyridine rings is 1.